The van der Waals surface area contributed by atoms with Gasteiger partial charge in [0.05, 0.1) is 0 Å². The van der Waals surface area contributed by atoms with E-state index in [-0.39, 0.29) is 0 Å². The summed E-state index contributed by atoms with van der Waals surface area (Å²) >= 11 is 0. The molecule has 1 fully saturated rings. The second-order valence-corrected chi connectivity index (χ2v) is 12.8. The van der Waals surface area contributed by atoms with Crippen LogP contribution in [0, 0.1) is 12.3 Å². The molecule has 0 atom stereocenters. The molecule has 3 nitrogen and oxygen atoms in total. The van der Waals surface area contributed by atoms with E-state index < -0.39 is 0 Å². The van der Waals surface area contributed by atoms with Crippen molar-refractivity contribution in [2.75, 3.05) is 44.2 Å². The van der Waals surface area contributed by atoms with Crippen molar-refractivity contribution in [3.05, 3.63) is 71.3 Å². The molecule has 1 saturated heterocycles. The van der Waals surface area contributed by atoms with Crippen LogP contribution in [0.25, 0.3) is 5.70 Å². The summed E-state index contributed by atoms with van der Waals surface area (Å²) in [6.45, 7) is 20.7. The van der Waals surface area contributed by atoms with Gasteiger partial charge in [-0.2, -0.15) is 0 Å². The summed E-state index contributed by atoms with van der Waals surface area (Å²) in [4.78, 5) is 7.61. The van der Waals surface area contributed by atoms with E-state index in [4.69, 9.17) is 0 Å². The first-order valence-electron chi connectivity index (χ1n) is 14.4. The summed E-state index contributed by atoms with van der Waals surface area (Å²) in [5.41, 5.74) is 9.79. The predicted molar refractivity (Wildman–Crippen MR) is 165 cm³/mol. The van der Waals surface area contributed by atoms with Crippen molar-refractivity contribution < 1.29 is 0 Å². The van der Waals surface area contributed by atoms with Crippen LogP contribution in [0.5, 0.6) is 0 Å². The summed E-state index contributed by atoms with van der Waals surface area (Å²) in [5.74, 6) is 0. The Morgan fingerprint density at radius 3 is 2.46 bits per heavy atom. The Bertz CT molecular complexity index is 1080. The van der Waals surface area contributed by atoms with E-state index in [0.717, 1.165) is 44.6 Å². The third kappa shape index (κ3) is 7.79. The molecule has 0 spiro atoms. The van der Waals surface area contributed by atoms with Crippen LogP contribution < -0.4 is 4.90 Å². The fourth-order valence-electron chi connectivity index (χ4n) is 5.62. The number of hydrogen-bond donors (Lipinski definition) is 0. The van der Waals surface area contributed by atoms with Crippen LogP contribution in [0.15, 0.2) is 49.0 Å². The summed E-state index contributed by atoms with van der Waals surface area (Å²) in [6, 6.07) is 15.8. The van der Waals surface area contributed by atoms with E-state index >= 15 is 0 Å². The molecule has 0 bridgehead atoms. The third-order valence-electron chi connectivity index (χ3n) is 8.15. The van der Waals surface area contributed by atoms with Crippen LogP contribution in [-0.2, 0) is 12.8 Å². The van der Waals surface area contributed by atoms with Crippen LogP contribution in [0.4, 0.5) is 5.69 Å². The standard InChI is InChI=1S/C33H48N3P/c1-26-25-30(27(2)36-19-9-8-12-29-11-6-7-14-31(29)36)17-16-28(26)13-10-15-32(37)35-23-21-34(22-24-35)20-18-33(3,4)5/h6-7,11,14,16-17,25,37H,2,8-10,12-13,15,18-24H2,1,3-5H3. The molecule has 4 heteroatoms. The monoisotopic (exact) mass is 517 g/mol. The largest absolute Gasteiger partial charge is 0.341 e. The van der Waals surface area contributed by atoms with E-state index in [1.807, 2.05) is 0 Å². The van der Waals surface area contributed by atoms with Gasteiger partial charge in [0.2, 0.25) is 0 Å². The molecule has 0 saturated carbocycles. The number of nitrogens with zero attached hydrogens (tertiary/aromatic N) is 3. The van der Waals surface area contributed by atoms with Gasteiger partial charge in [-0.15, -0.1) is 8.86 Å². The van der Waals surface area contributed by atoms with E-state index in [2.05, 4.69) is 100 Å². The zero-order valence-corrected chi connectivity index (χ0v) is 24.8. The number of fused-ring (bicyclic) bond motifs is 1. The molecule has 2 aliphatic rings. The highest BCUT2D eigenvalue weighted by atomic mass is 31.0. The molecule has 2 heterocycles. The van der Waals surface area contributed by atoms with Crippen LogP contribution >= 0.6 is 8.86 Å². The average molecular weight is 518 g/mol. The van der Waals surface area contributed by atoms with Crippen LogP contribution in [0.1, 0.15) is 75.1 Å². The fourth-order valence-corrected chi connectivity index (χ4v) is 6.02. The number of anilines is 1. The third-order valence-corrected chi connectivity index (χ3v) is 8.72. The zero-order valence-electron chi connectivity index (χ0n) is 23.8. The van der Waals surface area contributed by atoms with Crippen molar-refractivity contribution in [3.63, 3.8) is 0 Å². The number of rotatable bonds is 9. The number of hydrogen-bond acceptors (Lipinski definition) is 2. The maximum atomic E-state index is 4.53. The maximum absolute atomic E-state index is 4.53. The number of para-hydroxylation sites is 1. The van der Waals surface area contributed by atoms with Gasteiger partial charge in [0.1, 0.15) is 0 Å². The molecule has 0 aromatic heterocycles. The smallest absolute Gasteiger partial charge is 0.0443 e. The second kappa shape index (κ2) is 12.7. The van der Waals surface area contributed by atoms with Crippen LogP contribution in [0.2, 0.25) is 0 Å². The highest BCUT2D eigenvalue weighted by Crippen LogP contribution is 2.32. The molecular formula is C33H48N3P. The average Bonchev–Trinajstić information content (AvgIpc) is 3.10. The first-order chi connectivity index (χ1) is 17.7. The lowest BCUT2D eigenvalue weighted by Crippen LogP contribution is -2.48. The molecule has 4 rings (SSSR count). The lowest BCUT2D eigenvalue weighted by atomic mass is 9.92. The van der Waals surface area contributed by atoms with Gasteiger partial charge in [-0.05, 0) is 98.2 Å². The summed E-state index contributed by atoms with van der Waals surface area (Å²) in [7, 11) is 3.98. The minimum absolute atomic E-state index is 0.422. The van der Waals surface area contributed by atoms with E-state index in [1.54, 1.807) is 0 Å². The summed E-state index contributed by atoms with van der Waals surface area (Å²) in [6.07, 6.45) is 8.29. The van der Waals surface area contributed by atoms with E-state index in [9.17, 15) is 0 Å². The van der Waals surface area contributed by atoms with Gasteiger partial charge < -0.3 is 9.80 Å². The van der Waals surface area contributed by atoms with Crippen molar-refractivity contribution in [2.45, 2.75) is 72.6 Å². The van der Waals surface area contributed by atoms with Gasteiger partial charge in [-0.1, -0.05) is 57.7 Å². The quantitative estimate of drug-likeness (QED) is 0.320. The molecule has 0 radical (unpaired) electrons. The molecule has 0 N–H and O–H groups in total. The summed E-state index contributed by atoms with van der Waals surface area (Å²) in [5, 5.41) is 0. The van der Waals surface area contributed by atoms with Crippen molar-refractivity contribution in [1.29, 1.82) is 0 Å². The van der Waals surface area contributed by atoms with E-state index in [1.165, 1.54) is 78.7 Å². The van der Waals surface area contributed by atoms with E-state index in [0.29, 0.717) is 5.41 Å². The molecule has 2 aliphatic heterocycles. The molecule has 2 aromatic carbocycles. The van der Waals surface area contributed by atoms with Crippen LogP contribution in [-0.4, -0.2) is 54.5 Å². The van der Waals surface area contributed by atoms with Gasteiger partial charge in [-0.25, -0.2) is 0 Å². The molecule has 0 aliphatic carbocycles. The molecule has 0 amide bonds. The minimum Gasteiger partial charge on any atom is -0.341 e. The van der Waals surface area contributed by atoms with Gasteiger partial charge in [0.15, 0.2) is 0 Å². The van der Waals surface area contributed by atoms with Crippen molar-refractivity contribution in [3.8, 4) is 0 Å². The van der Waals surface area contributed by atoms with Crippen molar-refractivity contribution in [1.82, 2.24) is 9.80 Å². The second-order valence-electron chi connectivity index (χ2n) is 12.3. The maximum Gasteiger partial charge on any atom is 0.0443 e. The Morgan fingerprint density at radius 1 is 0.973 bits per heavy atom. The fraction of sp³-hybridized carbons (Fsp3) is 0.545. The molecule has 2 aromatic rings. The topological polar surface area (TPSA) is 9.72 Å². The van der Waals surface area contributed by atoms with Crippen LogP contribution in [0.3, 0.4) is 0 Å². The SMILES string of the molecule is C=C(c1ccc(CCCC(=P)N2CCN(CCC(C)(C)C)CC2)c(C)c1)N1CCCCc2ccccc21. The highest BCUT2D eigenvalue weighted by Gasteiger charge is 2.21. The Labute approximate surface area is 228 Å². The number of piperazine rings is 1. The van der Waals surface area contributed by atoms with Crippen molar-refractivity contribution in [2.24, 2.45) is 5.41 Å². The lowest BCUT2D eigenvalue weighted by Gasteiger charge is -2.36. The normalized spacial score (nSPS) is 17.4. The Hall–Kier alpha value is -1.93. The Balaban J connectivity index is 1.27. The van der Waals surface area contributed by atoms with Gasteiger partial charge in [-0.3, -0.25) is 4.90 Å². The highest BCUT2D eigenvalue weighted by molar-refractivity contribution is 7.20. The summed E-state index contributed by atoms with van der Waals surface area (Å²) < 4.78 is 0. The first kappa shape index (κ1) is 28.1. The molecule has 200 valence electrons. The first-order valence-corrected chi connectivity index (χ1v) is 14.9. The Kier molecular flexibility index (Phi) is 9.67. The molecule has 37 heavy (non-hydrogen) atoms. The van der Waals surface area contributed by atoms with Gasteiger partial charge in [0.25, 0.3) is 0 Å². The number of aryl methyl sites for hydroxylation is 3. The Morgan fingerprint density at radius 2 is 1.73 bits per heavy atom. The van der Waals surface area contributed by atoms with Gasteiger partial charge in [0, 0.05) is 49.5 Å². The van der Waals surface area contributed by atoms with Crippen molar-refractivity contribution >= 4 is 25.7 Å². The van der Waals surface area contributed by atoms with Gasteiger partial charge >= 0.3 is 0 Å². The predicted octanol–water partition coefficient (Wildman–Crippen LogP) is 7.46. The minimum atomic E-state index is 0.422. The molecular weight excluding hydrogens is 469 g/mol. The number of benzene rings is 2. The molecule has 0 unspecified atom stereocenters. The zero-order chi connectivity index (χ0) is 26.4. The lowest BCUT2D eigenvalue weighted by molar-refractivity contribution is 0.162.